The molecule has 0 saturated carbocycles. The molecule has 0 bridgehead atoms. The van der Waals surface area contributed by atoms with E-state index in [4.69, 9.17) is 5.11 Å². The van der Waals surface area contributed by atoms with E-state index in [0.717, 1.165) is 24.3 Å². The van der Waals surface area contributed by atoms with E-state index in [-0.39, 0.29) is 11.1 Å². The third kappa shape index (κ3) is 4.57. The van der Waals surface area contributed by atoms with Crippen LogP contribution in [0.4, 0.5) is 23.2 Å². The minimum absolute atomic E-state index is 0.0834. The second-order valence-corrected chi connectivity index (χ2v) is 7.66. The lowest BCUT2D eigenvalue weighted by Gasteiger charge is -2.17. The monoisotopic (exact) mass is 405 g/mol. The van der Waals surface area contributed by atoms with E-state index in [1.165, 1.54) is 13.8 Å². The number of sulfonamides is 1. The summed E-state index contributed by atoms with van der Waals surface area (Å²) in [4.78, 5) is 10.4. The van der Waals surface area contributed by atoms with Gasteiger partial charge in [0.2, 0.25) is 0 Å². The van der Waals surface area contributed by atoms with Gasteiger partial charge in [0, 0.05) is 0 Å². The van der Waals surface area contributed by atoms with Gasteiger partial charge in [-0.25, -0.2) is 17.6 Å². The van der Waals surface area contributed by atoms with Crippen LogP contribution in [0.1, 0.15) is 41.3 Å². The number of hydrogen-bond donors (Lipinski definition) is 2. The average Bonchev–Trinajstić information content (AvgIpc) is 2.55. The fraction of sp³-hybridized carbons (Fsp3) is 0.235. The Morgan fingerprint density at radius 2 is 1.74 bits per heavy atom. The number of nitrogens with one attached hydrogen (secondary N) is 1. The first-order valence-corrected chi connectivity index (χ1v) is 9.08. The number of hydrogen-bond acceptors (Lipinski definition) is 3. The van der Waals surface area contributed by atoms with Gasteiger partial charge in [0.25, 0.3) is 10.0 Å². The van der Waals surface area contributed by atoms with Crippen molar-refractivity contribution in [3.05, 3.63) is 58.9 Å². The van der Waals surface area contributed by atoms with Gasteiger partial charge < -0.3 is 5.11 Å². The zero-order valence-electron chi connectivity index (χ0n) is 14.1. The summed E-state index contributed by atoms with van der Waals surface area (Å²) in [6, 6.07) is 4.74. The number of carbonyl (C=O) groups is 1. The van der Waals surface area contributed by atoms with Gasteiger partial charge in [-0.3, -0.25) is 4.72 Å². The Balaban J connectivity index is 2.49. The van der Waals surface area contributed by atoms with Gasteiger partial charge in [-0.15, -0.1) is 0 Å². The van der Waals surface area contributed by atoms with Crippen molar-refractivity contribution < 1.29 is 35.9 Å². The van der Waals surface area contributed by atoms with Crippen LogP contribution in [0.2, 0.25) is 0 Å². The molecule has 2 rings (SSSR count). The highest BCUT2D eigenvalue weighted by molar-refractivity contribution is 7.92. The van der Waals surface area contributed by atoms with Crippen LogP contribution in [0.25, 0.3) is 0 Å². The quantitative estimate of drug-likeness (QED) is 0.719. The predicted molar refractivity (Wildman–Crippen MR) is 89.7 cm³/mol. The molecule has 2 N–H and O–H groups in total. The smallest absolute Gasteiger partial charge is 0.416 e. The van der Waals surface area contributed by atoms with E-state index in [1.54, 1.807) is 0 Å². The Hall–Kier alpha value is -2.62. The van der Waals surface area contributed by atoms with Crippen LogP contribution in [0.5, 0.6) is 0 Å². The molecule has 0 aliphatic carbocycles. The normalized spacial score (nSPS) is 12.3. The molecule has 0 unspecified atom stereocenters. The summed E-state index contributed by atoms with van der Waals surface area (Å²) in [6.07, 6.45) is -4.64. The highest BCUT2D eigenvalue weighted by Gasteiger charge is 2.33. The zero-order valence-corrected chi connectivity index (χ0v) is 15.0. The molecule has 0 aromatic heterocycles. The van der Waals surface area contributed by atoms with Crippen molar-refractivity contribution in [2.75, 3.05) is 4.72 Å². The lowest BCUT2D eigenvalue weighted by atomic mass is 10.0. The Labute approximate surface area is 152 Å². The third-order valence-electron chi connectivity index (χ3n) is 3.71. The van der Waals surface area contributed by atoms with E-state index >= 15 is 0 Å². The maximum Gasteiger partial charge on any atom is 0.416 e. The second-order valence-electron chi connectivity index (χ2n) is 6.01. The van der Waals surface area contributed by atoms with Crippen LogP contribution in [-0.2, 0) is 16.2 Å². The van der Waals surface area contributed by atoms with Crippen molar-refractivity contribution in [3.63, 3.8) is 0 Å². The van der Waals surface area contributed by atoms with Crippen molar-refractivity contribution in [2.24, 2.45) is 0 Å². The molecular weight excluding hydrogens is 390 g/mol. The van der Waals surface area contributed by atoms with E-state index in [9.17, 15) is 30.8 Å². The molecule has 0 atom stereocenters. The number of aromatic carboxylic acids is 1. The molecule has 146 valence electrons. The zero-order chi connectivity index (χ0) is 20.6. The highest BCUT2D eigenvalue weighted by Crippen LogP contribution is 2.34. The SMILES string of the molecule is CC(C)c1cc(C(F)(F)F)ccc1S(=O)(=O)Nc1ccc(C(=O)O)cc1F. The van der Waals surface area contributed by atoms with Crippen LogP contribution in [0, 0.1) is 5.82 Å². The topological polar surface area (TPSA) is 83.5 Å². The fourth-order valence-electron chi connectivity index (χ4n) is 2.35. The lowest BCUT2D eigenvalue weighted by Crippen LogP contribution is -2.18. The molecule has 0 radical (unpaired) electrons. The summed E-state index contributed by atoms with van der Waals surface area (Å²) in [5, 5.41) is 8.80. The number of alkyl halides is 3. The van der Waals surface area contributed by atoms with Gasteiger partial charge >= 0.3 is 12.1 Å². The molecule has 0 aliphatic heterocycles. The highest BCUT2D eigenvalue weighted by atomic mass is 32.2. The summed E-state index contributed by atoms with van der Waals surface area (Å²) >= 11 is 0. The van der Waals surface area contributed by atoms with Crippen LogP contribution >= 0.6 is 0 Å². The number of carboxylic acids is 1. The summed E-state index contributed by atoms with van der Waals surface area (Å²) in [7, 11) is -4.41. The molecule has 2 aromatic carbocycles. The third-order valence-corrected chi connectivity index (χ3v) is 5.15. The van der Waals surface area contributed by atoms with Crippen molar-refractivity contribution in [1.29, 1.82) is 0 Å². The van der Waals surface area contributed by atoms with Gasteiger partial charge in [0.1, 0.15) is 5.82 Å². The number of carboxylic acid groups (broad SMARTS) is 1. The maximum atomic E-state index is 14.0. The molecule has 0 spiro atoms. The molecule has 0 heterocycles. The van der Waals surface area contributed by atoms with E-state index in [2.05, 4.69) is 0 Å². The van der Waals surface area contributed by atoms with Gasteiger partial charge in [-0.2, -0.15) is 13.2 Å². The molecule has 0 aliphatic rings. The first-order valence-electron chi connectivity index (χ1n) is 7.59. The largest absolute Gasteiger partial charge is 0.478 e. The second kappa shape index (κ2) is 7.18. The van der Waals surface area contributed by atoms with Crippen molar-refractivity contribution in [1.82, 2.24) is 0 Å². The summed E-state index contributed by atoms with van der Waals surface area (Å²) < 4.78 is 79.8. The Morgan fingerprint density at radius 1 is 1.11 bits per heavy atom. The van der Waals surface area contributed by atoms with Crippen LogP contribution < -0.4 is 4.72 Å². The van der Waals surface area contributed by atoms with Crippen molar-refractivity contribution in [2.45, 2.75) is 30.8 Å². The van der Waals surface area contributed by atoms with Crippen molar-refractivity contribution in [3.8, 4) is 0 Å². The first-order chi connectivity index (χ1) is 12.3. The number of halogens is 4. The molecule has 2 aromatic rings. The molecule has 27 heavy (non-hydrogen) atoms. The molecule has 0 fully saturated rings. The van der Waals surface area contributed by atoms with Gasteiger partial charge in [0.15, 0.2) is 0 Å². The summed E-state index contributed by atoms with van der Waals surface area (Å²) in [5.74, 6) is -3.08. The lowest BCUT2D eigenvalue weighted by molar-refractivity contribution is -0.137. The Kier molecular flexibility index (Phi) is 5.50. The summed E-state index contributed by atoms with van der Waals surface area (Å²) in [5.41, 5.74) is -1.98. The van der Waals surface area contributed by atoms with E-state index < -0.39 is 50.1 Å². The number of anilines is 1. The van der Waals surface area contributed by atoms with Crippen LogP contribution in [-0.4, -0.2) is 19.5 Å². The molecule has 0 amide bonds. The van der Waals surface area contributed by atoms with Crippen LogP contribution in [0.3, 0.4) is 0 Å². The summed E-state index contributed by atoms with van der Waals surface area (Å²) in [6.45, 7) is 3.05. The average molecular weight is 405 g/mol. The Morgan fingerprint density at radius 3 is 2.22 bits per heavy atom. The molecule has 5 nitrogen and oxygen atoms in total. The minimum Gasteiger partial charge on any atom is -0.478 e. The molecule has 10 heteroatoms. The van der Waals surface area contributed by atoms with Crippen LogP contribution in [0.15, 0.2) is 41.3 Å². The predicted octanol–water partition coefficient (Wildman–Crippen LogP) is 4.47. The molecule has 0 saturated heterocycles. The van der Waals surface area contributed by atoms with Crippen molar-refractivity contribution >= 4 is 21.7 Å². The molecular formula is C17H15F4NO4S. The van der Waals surface area contributed by atoms with E-state index in [1.807, 2.05) is 4.72 Å². The number of benzene rings is 2. The van der Waals surface area contributed by atoms with Gasteiger partial charge in [-0.05, 0) is 47.9 Å². The first kappa shape index (κ1) is 20.7. The Bertz CT molecular complexity index is 985. The van der Waals surface area contributed by atoms with E-state index in [0.29, 0.717) is 12.1 Å². The minimum atomic E-state index is -4.64. The van der Waals surface area contributed by atoms with Gasteiger partial charge in [0.05, 0.1) is 21.7 Å². The standard InChI is InChI=1S/C17H15F4NO4S/c1-9(2)12-8-11(17(19,20)21)4-6-15(12)27(25,26)22-14-5-3-10(16(23)24)7-13(14)18/h3-9,22H,1-2H3,(H,23,24). The fourth-order valence-corrected chi connectivity index (χ4v) is 3.77. The number of rotatable bonds is 5. The maximum absolute atomic E-state index is 14.0. The van der Waals surface area contributed by atoms with Gasteiger partial charge in [-0.1, -0.05) is 13.8 Å².